The minimum atomic E-state index is -1.73. The maximum Gasteiger partial charge on any atom is 0.226 e. The molecule has 4 saturated carbocycles. The molecule has 0 aromatic heterocycles. The summed E-state index contributed by atoms with van der Waals surface area (Å²) in [4.78, 5) is 17.3. The average Bonchev–Trinajstić information content (AvgIpc) is 3.35. The van der Waals surface area contributed by atoms with E-state index < -0.39 is 116 Å². The van der Waals surface area contributed by atoms with Crippen molar-refractivity contribution in [2.24, 2.45) is 56.7 Å². The van der Waals surface area contributed by atoms with Crippen LogP contribution in [0.2, 0.25) is 0 Å². The molecule has 17 heteroatoms. The van der Waals surface area contributed by atoms with E-state index in [-0.39, 0.29) is 34.0 Å². The summed E-state index contributed by atoms with van der Waals surface area (Å²) in [6.07, 6.45) is -7.50. The Labute approximate surface area is 427 Å². The Morgan fingerprint density at radius 1 is 0.681 bits per heavy atom. The predicted molar refractivity (Wildman–Crippen MR) is 263 cm³/mol. The third-order valence-corrected chi connectivity index (χ3v) is 21.8. The molecule has 4 aliphatic heterocycles. The van der Waals surface area contributed by atoms with E-state index in [0.717, 1.165) is 71.0 Å². The van der Waals surface area contributed by atoms with Crippen LogP contribution in [0.1, 0.15) is 139 Å². The maximum atomic E-state index is 14.8. The Morgan fingerprint density at radius 2 is 1.31 bits per heavy atom. The molecule has 412 valence electrons. The van der Waals surface area contributed by atoms with Gasteiger partial charge in [0.05, 0.1) is 30.3 Å². The number of rotatable bonds is 11. The molecule has 1 amide bonds. The number of fused-ring (bicyclic) bond motifs is 7. The fraction of sp³-hybridized carbons (Fsp3) is 0.945. The summed E-state index contributed by atoms with van der Waals surface area (Å²) in [5.41, 5.74) is 0.530. The van der Waals surface area contributed by atoms with E-state index in [1.807, 2.05) is 0 Å². The lowest BCUT2D eigenvalue weighted by atomic mass is 9.33. The van der Waals surface area contributed by atoms with Gasteiger partial charge in [-0.15, -0.1) is 0 Å². The molecule has 0 bridgehead atoms. The Balaban J connectivity index is 0.960. The number of ether oxygens (including phenoxy) is 6. The summed E-state index contributed by atoms with van der Waals surface area (Å²) < 4.78 is 37.5. The smallest absolute Gasteiger partial charge is 0.226 e. The van der Waals surface area contributed by atoms with Crippen LogP contribution >= 0.6 is 0 Å². The molecular formula is C55H92N2O15. The summed E-state index contributed by atoms with van der Waals surface area (Å²) in [7, 11) is 0. The molecule has 9 N–H and O–H groups in total. The lowest BCUT2D eigenvalue weighted by Crippen LogP contribution is -2.68. The molecule has 0 spiro atoms. The second-order valence-electron chi connectivity index (χ2n) is 25.7. The van der Waals surface area contributed by atoms with Crippen molar-refractivity contribution < 1.29 is 74.1 Å². The number of allylic oxidation sites excluding steroid dienone is 2. The van der Waals surface area contributed by atoms with E-state index >= 15 is 0 Å². The van der Waals surface area contributed by atoms with Crippen LogP contribution in [0.4, 0.5) is 0 Å². The second kappa shape index (κ2) is 20.8. The highest BCUT2D eigenvalue weighted by Gasteiger charge is 2.70. The van der Waals surface area contributed by atoms with Crippen LogP contribution in [0.25, 0.3) is 0 Å². The van der Waals surface area contributed by atoms with Gasteiger partial charge < -0.3 is 79.5 Å². The van der Waals surface area contributed by atoms with Gasteiger partial charge in [-0.2, -0.15) is 0 Å². The van der Waals surface area contributed by atoms with Gasteiger partial charge in [0.1, 0.15) is 61.0 Å². The fourth-order valence-electron chi connectivity index (χ4n) is 17.0. The van der Waals surface area contributed by atoms with Gasteiger partial charge in [-0.3, -0.25) is 4.79 Å². The number of aliphatic hydroxyl groups is 8. The Bertz CT molecular complexity index is 1940. The van der Waals surface area contributed by atoms with E-state index in [0.29, 0.717) is 30.7 Å². The SMILES string of the molecule is C[C@H]1[C@H](C)CC[C@]2(C(=O)NCCN3CCCCC3)CC[C@]3(C)C(=CC[C@@H]4[C@@]5(C)CC[C@H](O[C@@H]6O[C@H](CO)[C@@H](O[C@@H]7O[C@@H](C)[C@H](O)[C@@H](O)[C@H]7O)[C@H](O)[C@H]6O[C@@H]6O[C@@H](C)[C@H](O)[C@@H](O)[C@H]6O)C(C)(C)[C@@H]5CC[C@]43C)[C@H]12. The van der Waals surface area contributed by atoms with Crippen molar-refractivity contribution in [3.8, 4) is 0 Å². The number of amides is 1. The normalized spacial score (nSPS) is 52.7. The highest BCUT2D eigenvalue weighted by atomic mass is 16.8. The van der Waals surface area contributed by atoms with Gasteiger partial charge in [-0.05, 0) is 149 Å². The third kappa shape index (κ3) is 9.10. The molecule has 4 heterocycles. The molecule has 9 rings (SSSR count). The zero-order valence-electron chi connectivity index (χ0n) is 44.6. The monoisotopic (exact) mass is 1020 g/mol. The molecule has 0 unspecified atom stereocenters. The molecule has 17 nitrogen and oxygen atoms in total. The molecule has 0 radical (unpaired) electrons. The minimum absolute atomic E-state index is 0.0139. The third-order valence-electron chi connectivity index (χ3n) is 21.8. The van der Waals surface area contributed by atoms with Crippen molar-refractivity contribution in [3.05, 3.63) is 11.6 Å². The molecule has 0 aromatic carbocycles. The van der Waals surface area contributed by atoms with Crippen molar-refractivity contribution in [2.75, 3.05) is 32.8 Å². The van der Waals surface area contributed by atoms with Gasteiger partial charge in [0.25, 0.3) is 0 Å². The van der Waals surface area contributed by atoms with Crippen molar-refractivity contribution in [1.29, 1.82) is 0 Å². The molecule has 72 heavy (non-hydrogen) atoms. The average molecular weight is 1020 g/mol. The maximum absolute atomic E-state index is 14.8. The van der Waals surface area contributed by atoms with Crippen LogP contribution in [0.5, 0.6) is 0 Å². The lowest BCUT2D eigenvalue weighted by molar-refractivity contribution is -0.393. The number of piperidine rings is 1. The summed E-state index contributed by atoms with van der Waals surface area (Å²) in [5, 5.41) is 90.7. The Hall–Kier alpha value is -1.39. The van der Waals surface area contributed by atoms with Gasteiger partial charge in [0.15, 0.2) is 18.9 Å². The first-order valence-corrected chi connectivity index (χ1v) is 28.0. The zero-order chi connectivity index (χ0) is 52.0. The van der Waals surface area contributed by atoms with Gasteiger partial charge >= 0.3 is 0 Å². The molecule has 4 saturated heterocycles. The molecule has 9 aliphatic rings. The second-order valence-corrected chi connectivity index (χ2v) is 25.7. The van der Waals surface area contributed by atoms with Crippen LogP contribution in [0, 0.1) is 56.7 Å². The van der Waals surface area contributed by atoms with Crippen LogP contribution in [0.15, 0.2) is 11.6 Å². The number of hydrogen-bond acceptors (Lipinski definition) is 16. The molecular weight excluding hydrogens is 929 g/mol. The van der Waals surface area contributed by atoms with Gasteiger partial charge in [0, 0.05) is 13.1 Å². The van der Waals surface area contributed by atoms with Crippen molar-refractivity contribution in [3.63, 3.8) is 0 Å². The standard InChI is InChI=1S/C55H92N2O15/c1-28-15-20-55(50(66)56-23-26-57-24-11-10-12-25-57)22-21-53(8)32(37(55)29(28)2)13-14-35-52(7)18-17-36(51(5,6)34(52)16-19-54(35,53)9)70-49-46(72-48-43(64)41(62)39(60)31(4)68-48)44(65)45(33(27-58)69-49)71-47-42(63)40(61)38(59)30(3)67-47/h13,28-31,33-49,58-65H,10-12,14-27H2,1-9H3,(H,56,66)/t28-,29+,30+,31+,33-,34+,35-,36+,37+,38+,39+,40-,41-,42-,43-,44+,45-,46-,47+,48+,49+,52+,53-,54-,55+/m1/s1. The number of hydrogen-bond donors (Lipinski definition) is 9. The Morgan fingerprint density at radius 3 is 1.93 bits per heavy atom. The Kier molecular flexibility index (Phi) is 16.0. The predicted octanol–water partition coefficient (Wildman–Crippen LogP) is 3.13. The van der Waals surface area contributed by atoms with Gasteiger partial charge in [-0.1, -0.05) is 66.5 Å². The molecule has 0 aromatic rings. The summed E-state index contributed by atoms with van der Waals surface area (Å²) >= 11 is 0. The number of likely N-dealkylation sites (tertiary alicyclic amines) is 1. The number of aliphatic hydroxyl groups excluding tert-OH is 8. The summed E-state index contributed by atoms with van der Waals surface area (Å²) in [6.45, 7) is 23.1. The number of nitrogens with zero attached hydrogens (tertiary/aromatic N) is 1. The van der Waals surface area contributed by atoms with E-state index in [9.17, 15) is 45.6 Å². The largest absolute Gasteiger partial charge is 0.394 e. The summed E-state index contributed by atoms with van der Waals surface area (Å²) in [5.74, 6) is 1.98. The van der Waals surface area contributed by atoms with Crippen LogP contribution in [0.3, 0.4) is 0 Å². The van der Waals surface area contributed by atoms with Crippen molar-refractivity contribution in [1.82, 2.24) is 10.2 Å². The number of carbonyl (C=O) groups is 1. The molecule has 5 aliphatic carbocycles. The van der Waals surface area contributed by atoms with Crippen LogP contribution in [-0.2, 0) is 33.2 Å². The van der Waals surface area contributed by atoms with E-state index in [1.54, 1.807) is 0 Å². The summed E-state index contributed by atoms with van der Waals surface area (Å²) in [6, 6.07) is 0. The minimum Gasteiger partial charge on any atom is -0.394 e. The fourth-order valence-corrected chi connectivity index (χ4v) is 17.0. The first kappa shape index (κ1) is 55.4. The van der Waals surface area contributed by atoms with E-state index in [2.05, 4.69) is 64.8 Å². The lowest BCUT2D eigenvalue weighted by Gasteiger charge is -2.71. The molecule has 25 atom stereocenters. The highest BCUT2D eigenvalue weighted by Crippen LogP contribution is 2.76. The van der Waals surface area contributed by atoms with Gasteiger partial charge in [0.2, 0.25) is 5.91 Å². The quantitative estimate of drug-likeness (QED) is 0.107. The first-order valence-electron chi connectivity index (χ1n) is 28.0. The highest BCUT2D eigenvalue weighted by molar-refractivity contribution is 5.84. The van der Waals surface area contributed by atoms with Crippen molar-refractivity contribution >= 4 is 5.91 Å². The van der Waals surface area contributed by atoms with E-state index in [1.165, 1.54) is 38.7 Å². The number of carbonyl (C=O) groups excluding carboxylic acids is 1. The zero-order valence-corrected chi connectivity index (χ0v) is 44.6. The van der Waals surface area contributed by atoms with Crippen LogP contribution < -0.4 is 5.32 Å². The van der Waals surface area contributed by atoms with Gasteiger partial charge in [-0.25, -0.2) is 0 Å². The van der Waals surface area contributed by atoms with E-state index in [4.69, 9.17) is 28.4 Å². The van der Waals surface area contributed by atoms with Crippen molar-refractivity contribution in [2.45, 2.75) is 238 Å². The first-order chi connectivity index (χ1) is 33.9. The molecule has 8 fully saturated rings. The topological polar surface area (TPSA) is 250 Å². The number of nitrogens with one attached hydrogen (secondary N) is 1. The van der Waals surface area contributed by atoms with Crippen LogP contribution in [-0.4, -0.2) is 183 Å².